The van der Waals surface area contributed by atoms with Crippen LogP contribution in [0.1, 0.15) is 37.5 Å². The molecule has 0 bridgehead atoms. The smallest absolute Gasteiger partial charge is 0.161 e. The van der Waals surface area contributed by atoms with E-state index in [1.54, 1.807) is 6.07 Å². The molecule has 1 aromatic heterocycles. The van der Waals surface area contributed by atoms with Crippen molar-refractivity contribution in [2.24, 2.45) is 0 Å². The minimum Gasteiger partial charge on any atom is -0.504 e. The Morgan fingerprint density at radius 2 is 2.17 bits per heavy atom. The van der Waals surface area contributed by atoms with Crippen molar-refractivity contribution in [3.05, 3.63) is 35.4 Å². The van der Waals surface area contributed by atoms with Crippen molar-refractivity contribution in [1.29, 1.82) is 0 Å². The number of hydrogen-bond acceptors (Lipinski definition) is 5. The van der Waals surface area contributed by atoms with E-state index in [2.05, 4.69) is 27.4 Å². The number of ether oxygens (including phenoxy) is 1. The third-order valence-corrected chi connectivity index (χ3v) is 3.68. The predicted molar refractivity (Wildman–Crippen MR) is 89.9 cm³/mol. The van der Waals surface area contributed by atoms with Crippen LogP contribution in [0.15, 0.2) is 18.2 Å². The van der Waals surface area contributed by atoms with Crippen molar-refractivity contribution < 1.29 is 9.84 Å². The van der Waals surface area contributed by atoms with Gasteiger partial charge in [-0.1, -0.05) is 6.07 Å². The van der Waals surface area contributed by atoms with Gasteiger partial charge >= 0.3 is 0 Å². The molecule has 0 radical (unpaired) electrons. The van der Waals surface area contributed by atoms with E-state index in [-0.39, 0.29) is 5.75 Å². The molecular formula is C17H26N4O2. The molecule has 0 aliphatic carbocycles. The molecular weight excluding hydrogens is 292 g/mol. The number of aromatic amines is 1. The molecule has 0 spiro atoms. The Balaban J connectivity index is 1.73. The second-order valence-electron chi connectivity index (χ2n) is 5.72. The van der Waals surface area contributed by atoms with Crippen molar-refractivity contribution >= 4 is 0 Å². The lowest BCUT2D eigenvalue weighted by molar-refractivity contribution is 0.317. The molecule has 0 aliphatic rings. The van der Waals surface area contributed by atoms with Crippen LogP contribution >= 0.6 is 0 Å². The molecule has 2 rings (SSSR count). The molecule has 0 fully saturated rings. The van der Waals surface area contributed by atoms with Crippen LogP contribution in [0.2, 0.25) is 0 Å². The fourth-order valence-corrected chi connectivity index (χ4v) is 2.40. The first-order chi connectivity index (χ1) is 11.1. The summed E-state index contributed by atoms with van der Waals surface area (Å²) in [6.07, 6.45) is 2.78. The van der Waals surface area contributed by atoms with Crippen molar-refractivity contribution in [2.75, 3.05) is 13.2 Å². The Hall–Kier alpha value is -2.08. The van der Waals surface area contributed by atoms with Gasteiger partial charge in [-0.05, 0) is 51.3 Å². The molecule has 1 heterocycles. The Labute approximate surface area is 137 Å². The van der Waals surface area contributed by atoms with Gasteiger partial charge in [0, 0.05) is 19.0 Å². The van der Waals surface area contributed by atoms with Crippen molar-refractivity contribution in [3.63, 3.8) is 0 Å². The van der Waals surface area contributed by atoms with Gasteiger partial charge in [0.2, 0.25) is 0 Å². The summed E-state index contributed by atoms with van der Waals surface area (Å²) < 4.78 is 5.42. The first kappa shape index (κ1) is 17.3. The number of aromatic nitrogens is 3. The highest BCUT2D eigenvalue weighted by Crippen LogP contribution is 2.27. The van der Waals surface area contributed by atoms with E-state index in [9.17, 15) is 5.11 Å². The Morgan fingerprint density at radius 3 is 2.87 bits per heavy atom. The molecule has 1 unspecified atom stereocenters. The normalized spacial score (nSPS) is 12.3. The van der Waals surface area contributed by atoms with Crippen molar-refractivity contribution in [3.8, 4) is 11.5 Å². The maximum Gasteiger partial charge on any atom is 0.161 e. The lowest BCUT2D eigenvalue weighted by Gasteiger charge is -2.14. The zero-order valence-corrected chi connectivity index (χ0v) is 14.1. The van der Waals surface area contributed by atoms with Gasteiger partial charge < -0.3 is 15.2 Å². The van der Waals surface area contributed by atoms with Crippen LogP contribution in [-0.4, -0.2) is 39.5 Å². The number of nitrogens with zero attached hydrogens (tertiary/aromatic N) is 2. The third-order valence-electron chi connectivity index (χ3n) is 3.68. The van der Waals surface area contributed by atoms with Crippen LogP contribution in [-0.2, 0) is 12.8 Å². The molecule has 6 heteroatoms. The van der Waals surface area contributed by atoms with Gasteiger partial charge in [0.25, 0.3) is 0 Å². The van der Waals surface area contributed by atoms with Crippen LogP contribution < -0.4 is 10.1 Å². The Bertz CT molecular complexity index is 612. The summed E-state index contributed by atoms with van der Waals surface area (Å²) in [6, 6.07) is 5.96. The summed E-state index contributed by atoms with van der Waals surface area (Å²) in [4.78, 5) is 4.29. The zero-order valence-electron chi connectivity index (χ0n) is 14.1. The van der Waals surface area contributed by atoms with E-state index in [1.165, 1.54) is 5.56 Å². The second kappa shape index (κ2) is 8.53. The number of phenols is 1. The molecule has 1 atom stereocenters. The highest BCUT2D eigenvalue weighted by atomic mass is 16.5. The maximum absolute atomic E-state index is 9.72. The minimum atomic E-state index is 0.198. The summed E-state index contributed by atoms with van der Waals surface area (Å²) in [7, 11) is 0. The van der Waals surface area contributed by atoms with E-state index in [0.29, 0.717) is 18.4 Å². The van der Waals surface area contributed by atoms with Gasteiger partial charge in [-0.3, -0.25) is 5.10 Å². The van der Waals surface area contributed by atoms with Crippen LogP contribution in [0.25, 0.3) is 0 Å². The molecule has 6 nitrogen and oxygen atoms in total. The van der Waals surface area contributed by atoms with Crippen molar-refractivity contribution in [2.45, 2.75) is 46.1 Å². The number of aryl methyl sites for hydroxylation is 2. The van der Waals surface area contributed by atoms with Gasteiger partial charge in [-0.15, -0.1) is 0 Å². The standard InChI is InChI=1S/C17H26N4O2/c1-4-23-16-11-14(7-8-15(16)22)6-5-12(2)18-10-9-17-19-13(3)20-21-17/h7-8,11-12,18,22H,4-6,9-10H2,1-3H3,(H,19,20,21). The lowest BCUT2D eigenvalue weighted by atomic mass is 10.1. The first-order valence-corrected chi connectivity index (χ1v) is 8.14. The van der Waals surface area contributed by atoms with Gasteiger partial charge in [-0.2, -0.15) is 5.10 Å². The third kappa shape index (κ3) is 5.56. The number of rotatable bonds is 9. The van der Waals surface area contributed by atoms with Gasteiger partial charge in [0.1, 0.15) is 5.82 Å². The van der Waals surface area contributed by atoms with Gasteiger partial charge in [0.05, 0.1) is 6.61 Å². The first-order valence-electron chi connectivity index (χ1n) is 8.14. The summed E-state index contributed by atoms with van der Waals surface area (Å²) >= 11 is 0. The van der Waals surface area contributed by atoms with Crippen LogP contribution in [0.3, 0.4) is 0 Å². The fourth-order valence-electron chi connectivity index (χ4n) is 2.40. The average Bonchev–Trinajstić information content (AvgIpc) is 2.94. The number of nitrogens with one attached hydrogen (secondary N) is 2. The largest absolute Gasteiger partial charge is 0.504 e. The quantitative estimate of drug-likeness (QED) is 0.661. The monoisotopic (exact) mass is 318 g/mol. The molecule has 0 amide bonds. The molecule has 126 valence electrons. The molecule has 1 aromatic carbocycles. The molecule has 23 heavy (non-hydrogen) atoms. The fraction of sp³-hybridized carbons (Fsp3) is 0.529. The van der Waals surface area contributed by atoms with Crippen LogP contribution in [0.4, 0.5) is 0 Å². The SMILES string of the molecule is CCOc1cc(CCC(C)NCCc2n[nH]c(C)n2)ccc1O. The molecule has 0 saturated carbocycles. The number of H-pyrrole nitrogens is 1. The van der Waals surface area contributed by atoms with E-state index < -0.39 is 0 Å². The average molecular weight is 318 g/mol. The molecule has 3 N–H and O–H groups in total. The van der Waals surface area contributed by atoms with Crippen LogP contribution in [0, 0.1) is 6.92 Å². The molecule has 0 saturated heterocycles. The number of aromatic hydroxyl groups is 1. The highest BCUT2D eigenvalue weighted by molar-refractivity contribution is 5.41. The number of hydrogen-bond donors (Lipinski definition) is 3. The van der Waals surface area contributed by atoms with E-state index in [1.807, 2.05) is 26.0 Å². The lowest BCUT2D eigenvalue weighted by Crippen LogP contribution is -2.28. The Morgan fingerprint density at radius 1 is 1.35 bits per heavy atom. The number of benzene rings is 1. The summed E-state index contributed by atoms with van der Waals surface area (Å²) in [5, 5.41) is 20.2. The van der Waals surface area contributed by atoms with Crippen LogP contribution in [0.5, 0.6) is 11.5 Å². The Kier molecular flexibility index (Phi) is 6.40. The highest BCUT2D eigenvalue weighted by Gasteiger charge is 2.07. The van der Waals surface area contributed by atoms with E-state index in [4.69, 9.17) is 4.74 Å². The summed E-state index contributed by atoms with van der Waals surface area (Å²) in [5.74, 6) is 2.46. The van der Waals surface area contributed by atoms with E-state index >= 15 is 0 Å². The predicted octanol–water partition coefficient (Wildman–Crippen LogP) is 2.37. The number of phenolic OH excluding ortho intramolecular Hbond substituents is 1. The second-order valence-corrected chi connectivity index (χ2v) is 5.72. The summed E-state index contributed by atoms with van der Waals surface area (Å²) in [5.41, 5.74) is 1.17. The van der Waals surface area contributed by atoms with Crippen molar-refractivity contribution in [1.82, 2.24) is 20.5 Å². The maximum atomic E-state index is 9.72. The minimum absolute atomic E-state index is 0.198. The van der Waals surface area contributed by atoms with Gasteiger partial charge in [0.15, 0.2) is 17.3 Å². The molecule has 0 aliphatic heterocycles. The molecule has 2 aromatic rings. The topological polar surface area (TPSA) is 83.1 Å². The summed E-state index contributed by atoms with van der Waals surface area (Å²) in [6.45, 7) is 7.40. The van der Waals surface area contributed by atoms with E-state index in [0.717, 1.165) is 37.5 Å². The zero-order chi connectivity index (χ0) is 16.7. The van der Waals surface area contributed by atoms with Gasteiger partial charge in [-0.25, -0.2) is 4.98 Å².